The summed E-state index contributed by atoms with van der Waals surface area (Å²) in [6.07, 6.45) is 11.7. The van der Waals surface area contributed by atoms with Gasteiger partial charge in [0, 0.05) is 0 Å². The van der Waals surface area contributed by atoms with Crippen LogP contribution in [0.25, 0.3) is 34.4 Å². The van der Waals surface area contributed by atoms with E-state index in [9.17, 15) is 0 Å². The fourth-order valence-corrected chi connectivity index (χ4v) is 42.2. The molecule has 1 saturated carbocycles. The van der Waals surface area contributed by atoms with Gasteiger partial charge in [-0.2, -0.15) is 0 Å². The molecule has 267 valence electrons. The first-order chi connectivity index (χ1) is 24.1. The molecule has 0 saturated heterocycles. The molecule has 7 rings (SSSR count). The van der Waals surface area contributed by atoms with Crippen molar-refractivity contribution in [3.8, 4) is 22.3 Å². The molecule has 3 aliphatic carbocycles. The topological polar surface area (TPSA) is 0 Å². The third kappa shape index (κ3) is 6.31. The van der Waals surface area contributed by atoms with Gasteiger partial charge in [0.2, 0.25) is 0 Å². The van der Waals surface area contributed by atoms with Crippen molar-refractivity contribution >= 4 is 35.1 Å². The number of hydrogen-bond donors (Lipinski definition) is 0. The summed E-state index contributed by atoms with van der Waals surface area (Å²) in [7, 11) is 17.5. The molecular weight excluding hydrogens is 755 g/mol. The van der Waals surface area contributed by atoms with E-state index in [0.717, 1.165) is 0 Å². The van der Waals surface area contributed by atoms with Gasteiger partial charge < -0.3 is 0 Å². The van der Waals surface area contributed by atoms with E-state index in [0.29, 0.717) is 11.8 Å². The molecule has 1 fully saturated rings. The van der Waals surface area contributed by atoms with Gasteiger partial charge in [-0.3, -0.25) is 0 Å². The van der Waals surface area contributed by atoms with Gasteiger partial charge in [-0.15, -0.1) is 0 Å². The zero-order chi connectivity index (χ0) is 36.5. The molecule has 0 nitrogen and oxygen atoms in total. The van der Waals surface area contributed by atoms with Crippen LogP contribution in [0.1, 0.15) is 126 Å². The zero-order valence-electron chi connectivity index (χ0n) is 32.3. The summed E-state index contributed by atoms with van der Waals surface area (Å²) in [5.74, 6) is -0.593. The summed E-state index contributed by atoms with van der Waals surface area (Å²) >= 11 is -4.86. The van der Waals surface area contributed by atoms with Crippen LogP contribution in [0, 0.1) is 12.8 Å². The Balaban J connectivity index is 1.36. The van der Waals surface area contributed by atoms with Crippen molar-refractivity contribution in [1.82, 2.24) is 0 Å². The third-order valence-electron chi connectivity index (χ3n) is 12.9. The van der Waals surface area contributed by atoms with E-state index in [4.69, 9.17) is 17.0 Å². The van der Waals surface area contributed by atoms with Gasteiger partial charge in [-0.05, 0) is 0 Å². The summed E-state index contributed by atoms with van der Waals surface area (Å²) in [5.41, 5.74) is 17.7. The second-order valence-corrected chi connectivity index (χ2v) is 60.3. The number of halogens is 2. The van der Waals surface area contributed by atoms with Crippen molar-refractivity contribution < 1.29 is 15.6 Å². The maximum atomic E-state index is 8.73. The van der Waals surface area contributed by atoms with Gasteiger partial charge in [-0.1, -0.05) is 0 Å². The fraction of sp³-hybridized carbons (Fsp3) is 0.404. The molecule has 4 aromatic carbocycles. The van der Waals surface area contributed by atoms with Crippen LogP contribution < -0.4 is 0 Å². The molecule has 0 spiro atoms. The second-order valence-electron chi connectivity index (χ2n) is 17.8. The van der Waals surface area contributed by atoms with Crippen LogP contribution in [0.3, 0.4) is 0 Å². The number of rotatable bonds is 7. The van der Waals surface area contributed by atoms with Gasteiger partial charge in [0.05, 0.1) is 0 Å². The van der Waals surface area contributed by atoms with Gasteiger partial charge in [0.25, 0.3) is 0 Å². The molecule has 0 radical (unpaired) electrons. The zero-order valence-corrected chi connectivity index (χ0v) is 37.5. The molecular formula is C47H57Cl2SiZr. The minimum absolute atomic E-state index is 0.0855. The van der Waals surface area contributed by atoms with Crippen molar-refractivity contribution in [3.63, 3.8) is 0 Å². The third-order valence-corrected chi connectivity index (χ3v) is 64.9. The van der Waals surface area contributed by atoms with Crippen LogP contribution in [0.15, 0.2) is 90.0 Å². The molecule has 0 bridgehead atoms. The molecule has 2 unspecified atom stereocenters. The Morgan fingerprint density at radius 2 is 1.31 bits per heavy atom. The van der Waals surface area contributed by atoms with Crippen LogP contribution in [0.2, 0.25) is 13.1 Å². The molecule has 2 atom stereocenters. The van der Waals surface area contributed by atoms with Crippen LogP contribution in [0.4, 0.5) is 0 Å². The van der Waals surface area contributed by atoms with Crippen molar-refractivity contribution in [1.29, 1.82) is 0 Å². The van der Waals surface area contributed by atoms with Crippen molar-refractivity contribution in [2.45, 2.75) is 112 Å². The molecule has 0 aromatic heterocycles. The summed E-state index contributed by atoms with van der Waals surface area (Å²) in [6.45, 7) is 21.1. The van der Waals surface area contributed by atoms with Crippen molar-refractivity contribution in [3.05, 3.63) is 129 Å². The van der Waals surface area contributed by atoms with Gasteiger partial charge >= 0.3 is 320 Å². The SMILES string of the molecule is CC1=Cc2c(-c3ccc(C4CCCCC4)cc3)ccc(C)c2[CH]1[Zr]([Cl])([Cl])([CH]1C(C(C)C)=Cc2c(-c3ccc(C(C)(C)C)cc3)cccc21)[SiH](C)C. The van der Waals surface area contributed by atoms with E-state index in [1.54, 1.807) is 0 Å². The summed E-state index contributed by atoms with van der Waals surface area (Å²) in [4.78, 5) is 0. The number of hydrogen-bond acceptors (Lipinski definition) is 0. The van der Waals surface area contributed by atoms with Gasteiger partial charge in [0.1, 0.15) is 0 Å². The molecule has 0 N–H and O–H groups in total. The molecule has 0 aliphatic heterocycles. The molecule has 0 amide bonds. The molecule has 4 heteroatoms. The van der Waals surface area contributed by atoms with Gasteiger partial charge in [-0.25, -0.2) is 0 Å². The summed E-state index contributed by atoms with van der Waals surface area (Å²) in [5, 5.41) is 0. The Bertz CT molecular complexity index is 2020. The number of aryl methyl sites for hydroxylation is 1. The Hall–Kier alpha value is -1.96. The van der Waals surface area contributed by atoms with E-state index in [-0.39, 0.29) is 12.7 Å². The molecule has 51 heavy (non-hydrogen) atoms. The Morgan fingerprint density at radius 3 is 1.90 bits per heavy atom. The van der Waals surface area contributed by atoms with Crippen LogP contribution in [-0.2, 0) is 21.0 Å². The Labute approximate surface area is 317 Å². The Kier molecular flexibility index (Phi) is 10.0. The predicted molar refractivity (Wildman–Crippen MR) is 226 cm³/mol. The van der Waals surface area contributed by atoms with Crippen molar-refractivity contribution in [2.75, 3.05) is 0 Å². The van der Waals surface area contributed by atoms with E-state index in [2.05, 4.69) is 153 Å². The first-order valence-electron chi connectivity index (χ1n) is 19.6. The first-order valence-corrected chi connectivity index (χ1v) is 35.9. The molecule has 3 aliphatic rings. The predicted octanol–water partition coefficient (Wildman–Crippen LogP) is 14.9. The summed E-state index contributed by atoms with van der Waals surface area (Å²) < 4.78 is 0.174. The average Bonchev–Trinajstić information content (AvgIpc) is 3.69. The minimum atomic E-state index is -4.86. The van der Waals surface area contributed by atoms with E-state index >= 15 is 0 Å². The maximum absolute atomic E-state index is 8.73. The molecule has 4 aromatic rings. The first kappa shape index (κ1) is 37.4. The van der Waals surface area contributed by atoms with Gasteiger partial charge in [0.15, 0.2) is 0 Å². The summed E-state index contributed by atoms with van der Waals surface area (Å²) in [6, 6.07) is 30.4. The number of benzene rings is 4. The standard InChI is InChI=1S/C23H25.C22H25.C2H7Si.2ClH.Zr/c1-16-14-22-17(2)8-13-21(23(22)15-16)20-11-9-19(10-12-20)18-6-4-3-5-7-18;1-15(2)18-13-17-7-6-8-20(21(17)14-18)16-9-11-19(12-10-16)22(3,4)5;1-3-2;;;/h8-15,18H,3-7H2,1-2H3;6-15H,1-5H3;3H,1-2H3;2*1H;/q;;;;;+2/p-2. The number of allylic oxidation sites excluding steroid dienone is 2. The van der Waals surface area contributed by atoms with E-state index < -0.39 is 21.5 Å². The van der Waals surface area contributed by atoms with Crippen LogP contribution in [0.5, 0.6) is 0 Å². The molecule has 0 heterocycles. The van der Waals surface area contributed by atoms with Crippen LogP contribution in [-0.4, -0.2) is 5.92 Å². The monoisotopic (exact) mass is 809 g/mol. The van der Waals surface area contributed by atoms with E-state index in [1.807, 2.05) is 0 Å². The quantitative estimate of drug-likeness (QED) is 0.163. The number of fused-ring (bicyclic) bond motifs is 2. The van der Waals surface area contributed by atoms with Crippen LogP contribution >= 0.6 is 17.0 Å². The Morgan fingerprint density at radius 1 is 0.706 bits per heavy atom. The normalized spacial score (nSPS) is 20.2. The van der Waals surface area contributed by atoms with Crippen molar-refractivity contribution in [2.24, 2.45) is 5.92 Å². The van der Waals surface area contributed by atoms with E-state index in [1.165, 1.54) is 104 Å². The fourth-order valence-electron chi connectivity index (χ4n) is 9.93. The average molecular weight is 812 g/mol. The second kappa shape index (κ2) is 13.7.